The van der Waals surface area contributed by atoms with E-state index in [0.29, 0.717) is 5.25 Å². The van der Waals surface area contributed by atoms with Crippen molar-refractivity contribution in [3.8, 4) is 0 Å². The zero-order valence-corrected chi connectivity index (χ0v) is 7.40. The Morgan fingerprint density at radius 3 is 2.60 bits per heavy atom. The Kier molecular flexibility index (Phi) is 3.52. The summed E-state index contributed by atoms with van der Waals surface area (Å²) in [6.07, 6.45) is 0. The Bertz CT molecular complexity index is 89.6. The lowest BCUT2D eigenvalue weighted by atomic mass is 10.3. The van der Waals surface area contributed by atoms with E-state index >= 15 is 0 Å². The highest BCUT2D eigenvalue weighted by Gasteiger charge is 2.09. The molecule has 10 heavy (non-hydrogen) atoms. The lowest BCUT2D eigenvalue weighted by molar-refractivity contribution is 0.244. The molecule has 0 aromatic heterocycles. The normalized spacial score (nSPS) is 24.6. The largest absolute Gasteiger partial charge is 0.314 e. The van der Waals surface area contributed by atoms with Crippen molar-refractivity contribution in [3.05, 3.63) is 0 Å². The maximum Gasteiger partial charge on any atom is 0.0116 e. The molecule has 1 saturated heterocycles. The zero-order valence-electron chi connectivity index (χ0n) is 6.51. The van der Waals surface area contributed by atoms with Gasteiger partial charge in [0, 0.05) is 38.0 Å². The van der Waals surface area contributed by atoms with Crippen LogP contribution in [0.3, 0.4) is 0 Å². The van der Waals surface area contributed by atoms with Gasteiger partial charge in [-0.2, -0.15) is 12.6 Å². The van der Waals surface area contributed by atoms with Crippen LogP contribution < -0.4 is 5.32 Å². The number of rotatable bonds is 2. The topological polar surface area (TPSA) is 15.3 Å². The number of nitrogens with one attached hydrogen (secondary N) is 1. The molecule has 1 fully saturated rings. The molecule has 0 bridgehead atoms. The molecule has 1 N–H and O–H groups in total. The van der Waals surface area contributed by atoms with Crippen molar-refractivity contribution >= 4 is 12.6 Å². The summed E-state index contributed by atoms with van der Waals surface area (Å²) >= 11 is 4.35. The van der Waals surface area contributed by atoms with Gasteiger partial charge in [-0.25, -0.2) is 0 Å². The fourth-order valence-corrected chi connectivity index (χ4v) is 1.50. The van der Waals surface area contributed by atoms with Gasteiger partial charge in [0.1, 0.15) is 0 Å². The summed E-state index contributed by atoms with van der Waals surface area (Å²) in [4.78, 5) is 2.45. The van der Waals surface area contributed by atoms with Gasteiger partial charge in [-0.1, -0.05) is 6.92 Å². The quantitative estimate of drug-likeness (QED) is 0.561. The first-order valence-corrected chi connectivity index (χ1v) is 4.42. The molecule has 0 saturated carbocycles. The molecule has 0 aromatic rings. The third-order valence-electron chi connectivity index (χ3n) is 1.73. The Balaban J connectivity index is 2.13. The molecule has 60 valence electrons. The highest BCUT2D eigenvalue weighted by atomic mass is 32.1. The number of hydrogen-bond donors (Lipinski definition) is 2. The van der Waals surface area contributed by atoms with E-state index in [1.54, 1.807) is 0 Å². The first-order chi connectivity index (χ1) is 4.79. The Labute approximate surface area is 68.4 Å². The van der Waals surface area contributed by atoms with Crippen molar-refractivity contribution in [3.63, 3.8) is 0 Å². The molecule has 0 unspecified atom stereocenters. The van der Waals surface area contributed by atoms with Crippen LogP contribution in [0.5, 0.6) is 0 Å². The summed E-state index contributed by atoms with van der Waals surface area (Å²) in [5, 5.41) is 3.83. The van der Waals surface area contributed by atoms with E-state index in [4.69, 9.17) is 0 Å². The summed E-state index contributed by atoms with van der Waals surface area (Å²) in [7, 11) is 0. The molecular weight excluding hydrogens is 144 g/mol. The molecule has 1 aliphatic heterocycles. The second-order valence-corrected chi connectivity index (χ2v) is 3.78. The summed E-state index contributed by atoms with van der Waals surface area (Å²) in [6.45, 7) is 7.92. The SMILES string of the molecule is C[C@H](S)CN1CCNCC1. The van der Waals surface area contributed by atoms with Crippen LogP contribution >= 0.6 is 12.6 Å². The van der Waals surface area contributed by atoms with E-state index in [0.717, 1.165) is 19.6 Å². The molecule has 2 nitrogen and oxygen atoms in total. The van der Waals surface area contributed by atoms with Crippen LogP contribution in [0.4, 0.5) is 0 Å². The minimum atomic E-state index is 0.512. The van der Waals surface area contributed by atoms with Crippen LogP contribution in [-0.2, 0) is 0 Å². The van der Waals surface area contributed by atoms with E-state index in [1.165, 1.54) is 13.1 Å². The van der Waals surface area contributed by atoms with Gasteiger partial charge in [0.25, 0.3) is 0 Å². The van der Waals surface area contributed by atoms with E-state index in [9.17, 15) is 0 Å². The molecule has 3 heteroatoms. The number of piperazine rings is 1. The molecule has 0 radical (unpaired) electrons. The third-order valence-corrected chi connectivity index (χ3v) is 1.90. The van der Waals surface area contributed by atoms with Crippen molar-refractivity contribution in [1.82, 2.24) is 10.2 Å². The highest BCUT2D eigenvalue weighted by molar-refractivity contribution is 7.80. The van der Waals surface area contributed by atoms with Crippen LogP contribution in [0, 0.1) is 0 Å². The fourth-order valence-electron chi connectivity index (χ4n) is 1.27. The van der Waals surface area contributed by atoms with Crippen LogP contribution in [0.25, 0.3) is 0 Å². The smallest absolute Gasteiger partial charge is 0.0116 e. The molecule has 0 spiro atoms. The van der Waals surface area contributed by atoms with Gasteiger partial charge in [-0.3, -0.25) is 4.90 Å². The van der Waals surface area contributed by atoms with Gasteiger partial charge >= 0.3 is 0 Å². The van der Waals surface area contributed by atoms with Crippen LogP contribution in [0.2, 0.25) is 0 Å². The van der Waals surface area contributed by atoms with E-state index < -0.39 is 0 Å². The molecule has 1 aliphatic rings. The first kappa shape index (κ1) is 8.37. The van der Waals surface area contributed by atoms with Crippen molar-refractivity contribution in [2.75, 3.05) is 32.7 Å². The predicted octanol–water partition coefficient (Wildman–Crippen LogP) is 0.210. The van der Waals surface area contributed by atoms with Crippen molar-refractivity contribution in [1.29, 1.82) is 0 Å². The average molecular weight is 160 g/mol. The maximum absolute atomic E-state index is 4.35. The van der Waals surface area contributed by atoms with Gasteiger partial charge in [-0.05, 0) is 0 Å². The summed E-state index contributed by atoms with van der Waals surface area (Å²) in [6, 6.07) is 0. The summed E-state index contributed by atoms with van der Waals surface area (Å²) < 4.78 is 0. The third kappa shape index (κ3) is 2.90. The Morgan fingerprint density at radius 2 is 2.10 bits per heavy atom. The van der Waals surface area contributed by atoms with Crippen LogP contribution in [0.1, 0.15) is 6.92 Å². The van der Waals surface area contributed by atoms with Crippen molar-refractivity contribution < 1.29 is 0 Å². The van der Waals surface area contributed by atoms with Crippen LogP contribution in [-0.4, -0.2) is 42.9 Å². The molecule has 0 aromatic carbocycles. The zero-order chi connectivity index (χ0) is 7.40. The standard InChI is InChI=1S/C7H16N2S/c1-7(10)6-9-4-2-8-3-5-9/h7-8,10H,2-6H2,1H3/t7-/m0/s1. The van der Waals surface area contributed by atoms with Gasteiger partial charge < -0.3 is 5.32 Å². The number of nitrogens with zero attached hydrogens (tertiary/aromatic N) is 1. The molecule has 1 heterocycles. The van der Waals surface area contributed by atoms with E-state index in [2.05, 4.69) is 29.8 Å². The minimum absolute atomic E-state index is 0.512. The molecule has 1 atom stereocenters. The van der Waals surface area contributed by atoms with Gasteiger partial charge in [-0.15, -0.1) is 0 Å². The first-order valence-electron chi connectivity index (χ1n) is 3.90. The Morgan fingerprint density at radius 1 is 1.50 bits per heavy atom. The lowest BCUT2D eigenvalue weighted by Crippen LogP contribution is -2.45. The average Bonchev–Trinajstić information content (AvgIpc) is 1.88. The van der Waals surface area contributed by atoms with Crippen molar-refractivity contribution in [2.45, 2.75) is 12.2 Å². The van der Waals surface area contributed by atoms with E-state index in [1.807, 2.05) is 0 Å². The molecule has 0 amide bonds. The van der Waals surface area contributed by atoms with E-state index in [-0.39, 0.29) is 0 Å². The molecule has 1 rings (SSSR count). The maximum atomic E-state index is 4.35. The Hall–Kier alpha value is 0.270. The van der Waals surface area contributed by atoms with Gasteiger partial charge in [0.15, 0.2) is 0 Å². The second-order valence-electron chi connectivity index (χ2n) is 2.90. The van der Waals surface area contributed by atoms with Gasteiger partial charge in [0.2, 0.25) is 0 Å². The predicted molar refractivity (Wildman–Crippen MR) is 47.8 cm³/mol. The number of thiol groups is 1. The van der Waals surface area contributed by atoms with Crippen molar-refractivity contribution in [2.24, 2.45) is 0 Å². The second kappa shape index (κ2) is 4.21. The molecular formula is C7H16N2S. The monoisotopic (exact) mass is 160 g/mol. The molecule has 0 aliphatic carbocycles. The lowest BCUT2D eigenvalue weighted by Gasteiger charge is -2.28. The summed E-state index contributed by atoms with van der Waals surface area (Å²) in [5.74, 6) is 0. The minimum Gasteiger partial charge on any atom is -0.314 e. The summed E-state index contributed by atoms with van der Waals surface area (Å²) in [5.41, 5.74) is 0. The fraction of sp³-hybridized carbons (Fsp3) is 1.00. The highest BCUT2D eigenvalue weighted by Crippen LogP contribution is 1.98. The number of hydrogen-bond acceptors (Lipinski definition) is 3. The van der Waals surface area contributed by atoms with Crippen LogP contribution in [0.15, 0.2) is 0 Å². The van der Waals surface area contributed by atoms with Gasteiger partial charge in [0.05, 0.1) is 0 Å².